The predicted octanol–water partition coefficient (Wildman–Crippen LogP) is 3.04. The van der Waals surface area contributed by atoms with Crippen molar-refractivity contribution in [2.75, 3.05) is 29.5 Å². The molecule has 4 N–H and O–H groups in total. The van der Waals surface area contributed by atoms with Gasteiger partial charge in [0.05, 0.1) is 36.7 Å². The number of nitrogens with zero attached hydrogens (tertiary/aromatic N) is 3. The average molecular weight is 502 g/mol. The Kier molecular flexibility index (Phi) is 7.00. The Morgan fingerprint density at radius 2 is 2.16 bits per heavy atom. The van der Waals surface area contributed by atoms with E-state index in [1.165, 1.54) is 4.31 Å². The second kappa shape index (κ2) is 9.59. The standard InChI is InChI=1S/C19H27N5O5S3/c1-3-13(15-7-11(2)9-29-15)20-17-18(23-31-22-17)21-14-10-30-19(16(14)26)32(27,28)24-6-4-5-12(24)8-25/h7,9,12-14,25-26H,3-6,8,10H2,1-2H3,(H,20,22)(H,21,23)/t12?,13-,14?/m1/s1. The summed E-state index contributed by atoms with van der Waals surface area (Å²) < 4.78 is 41.6. The van der Waals surface area contributed by atoms with E-state index in [0.717, 1.165) is 41.2 Å². The summed E-state index contributed by atoms with van der Waals surface area (Å²) >= 11 is 2.11. The fourth-order valence-corrected chi connectivity index (χ4v) is 7.88. The number of anilines is 2. The normalized spacial score (nSPS) is 23.1. The summed E-state index contributed by atoms with van der Waals surface area (Å²) in [6, 6.07) is 0.806. The number of sulfonamides is 1. The van der Waals surface area contributed by atoms with Gasteiger partial charge in [0.1, 0.15) is 11.5 Å². The highest BCUT2D eigenvalue weighted by Crippen LogP contribution is 2.40. The largest absolute Gasteiger partial charge is 0.508 e. The molecule has 32 heavy (non-hydrogen) atoms. The molecule has 0 aliphatic carbocycles. The number of rotatable bonds is 9. The van der Waals surface area contributed by atoms with E-state index in [9.17, 15) is 18.6 Å². The molecule has 1 fully saturated rings. The van der Waals surface area contributed by atoms with Crippen LogP contribution in [0.3, 0.4) is 0 Å². The van der Waals surface area contributed by atoms with E-state index in [1.807, 2.05) is 19.9 Å². The van der Waals surface area contributed by atoms with Crippen LogP contribution in [0.5, 0.6) is 0 Å². The van der Waals surface area contributed by atoms with Crippen LogP contribution >= 0.6 is 23.5 Å². The second-order valence-corrected chi connectivity index (χ2v) is 11.5. The number of hydrogen-bond acceptors (Lipinski definition) is 11. The van der Waals surface area contributed by atoms with Gasteiger partial charge in [0.15, 0.2) is 15.9 Å². The molecule has 3 atom stereocenters. The van der Waals surface area contributed by atoms with Gasteiger partial charge in [0.2, 0.25) is 0 Å². The SMILES string of the molecule is CC[C@@H](Nc1nsnc1NC1CSC(S(=O)(=O)N2CCCC2CO)=C1O)c1cc(C)co1. The third kappa shape index (κ3) is 4.49. The van der Waals surface area contributed by atoms with Gasteiger partial charge in [0.25, 0.3) is 10.0 Å². The Labute approximate surface area is 195 Å². The minimum atomic E-state index is -3.86. The van der Waals surface area contributed by atoms with Gasteiger partial charge < -0.3 is 25.3 Å². The highest BCUT2D eigenvalue weighted by Gasteiger charge is 2.42. The number of furan rings is 1. The molecule has 0 radical (unpaired) electrons. The molecule has 2 aromatic heterocycles. The van der Waals surface area contributed by atoms with Crippen LogP contribution in [0.2, 0.25) is 0 Å². The molecule has 2 aromatic rings. The quantitative estimate of drug-likeness (QED) is 0.405. The van der Waals surface area contributed by atoms with Gasteiger partial charge in [-0.15, -0.1) is 11.8 Å². The highest BCUT2D eigenvalue weighted by atomic mass is 32.3. The van der Waals surface area contributed by atoms with Crippen molar-refractivity contribution in [3.63, 3.8) is 0 Å². The van der Waals surface area contributed by atoms with E-state index in [0.29, 0.717) is 36.8 Å². The molecule has 2 unspecified atom stereocenters. The summed E-state index contributed by atoms with van der Waals surface area (Å²) in [5.74, 6) is 1.86. The van der Waals surface area contributed by atoms with Gasteiger partial charge in [-0.05, 0) is 37.8 Å². The predicted molar refractivity (Wildman–Crippen MR) is 125 cm³/mol. The molecular formula is C19H27N5O5S3. The monoisotopic (exact) mass is 501 g/mol. The minimum absolute atomic E-state index is 0.0643. The highest BCUT2D eigenvalue weighted by molar-refractivity contribution is 8.18. The Morgan fingerprint density at radius 3 is 2.84 bits per heavy atom. The number of aliphatic hydroxyl groups is 2. The zero-order chi connectivity index (χ0) is 22.9. The van der Waals surface area contributed by atoms with Crippen molar-refractivity contribution in [3.05, 3.63) is 33.6 Å². The van der Waals surface area contributed by atoms with Crippen molar-refractivity contribution in [1.82, 2.24) is 13.1 Å². The lowest BCUT2D eigenvalue weighted by Gasteiger charge is -2.22. The zero-order valence-electron chi connectivity index (χ0n) is 17.8. The Balaban J connectivity index is 1.50. The van der Waals surface area contributed by atoms with Gasteiger partial charge in [0, 0.05) is 18.3 Å². The van der Waals surface area contributed by atoms with Crippen molar-refractivity contribution in [2.45, 2.75) is 51.2 Å². The maximum absolute atomic E-state index is 13.1. The van der Waals surface area contributed by atoms with Crippen LogP contribution < -0.4 is 10.6 Å². The van der Waals surface area contributed by atoms with Crippen molar-refractivity contribution < 1.29 is 23.0 Å². The number of aliphatic hydroxyl groups excluding tert-OH is 2. The fraction of sp³-hybridized carbons (Fsp3) is 0.579. The zero-order valence-corrected chi connectivity index (χ0v) is 20.3. The topological polar surface area (TPSA) is 141 Å². The lowest BCUT2D eigenvalue weighted by Crippen LogP contribution is -2.38. The molecule has 176 valence electrons. The second-order valence-electron chi connectivity index (χ2n) is 7.87. The molecular weight excluding hydrogens is 474 g/mol. The molecule has 1 saturated heterocycles. The maximum atomic E-state index is 13.1. The average Bonchev–Trinajstić information content (AvgIpc) is 3.55. The smallest absolute Gasteiger partial charge is 0.252 e. The van der Waals surface area contributed by atoms with Crippen molar-refractivity contribution >= 4 is 45.1 Å². The van der Waals surface area contributed by atoms with Gasteiger partial charge in [-0.1, -0.05) is 6.92 Å². The molecule has 4 heterocycles. The van der Waals surface area contributed by atoms with E-state index < -0.39 is 22.1 Å². The number of thioether (sulfide) groups is 1. The number of aryl methyl sites for hydroxylation is 1. The van der Waals surface area contributed by atoms with E-state index in [-0.39, 0.29) is 22.6 Å². The summed E-state index contributed by atoms with van der Waals surface area (Å²) in [5.41, 5.74) is 1.03. The van der Waals surface area contributed by atoms with E-state index in [1.54, 1.807) is 6.26 Å². The first-order valence-corrected chi connectivity index (χ1v) is 13.6. The summed E-state index contributed by atoms with van der Waals surface area (Å²) in [7, 11) is -3.86. The fourth-order valence-electron chi connectivity index (χ4n) is 3.90. The van der Waals surface area contributed by atoms with Crippen molar-refractivity contribution in [2.24, 2.45) is 0 Å². The lowest BCUT2D eigenvalue weighted by molar-refractivity contribution is 0.214. The molecule has 0 saturated carbocycles. The van der Waals surface area contributed by atoms with Crippen LogP contribution in [0.15, 0.2) is 26.7 Å². The van der Waals surface area contributed by atoms with Crippen LogP contribution in [0.25, 0.3) is 0 Å². The number of hydrogen-bond donors (Lipinski definition) is 4. The molecule has 2 aliphatic rings. The van der Waals surface area contributed by atoms with Gasteiger partial charge >= 0.3 is 0 Å². The first kappa shape index (κ1) is 23.4. The van der Waals surface area contributed by atoms with Crippen molar-refractivity contribution in [3.8, 4) is 0 Å². The molecule has 0 amide bonds. The Morgan fingerprint density at radius 1 is 1.38 bits per heavy atom. The summed E-state index contributed by atoms with van der Waals surface area (Å²) in [5, 5.41) is 26.7. The molecule has 0 spiro atoms. The first-order chi connectivity index (χ1) is 15.3. The summed E-state index contributed by atoms with van der Waals surface area (Å²) in [6.45, 7) is 4.10. The van der Waals surface area contributed by atoms with Gasteiger partial charge in [-0.3, -0.25) is 0 Å². The molecule has 0 aromatic carbocycles. The molecule has 13 heteroatoms. The van der Waals surface area contributed by atoms with Gasteiger partial charge in [-0.25, -0.2) is 8.42 Å². The maximum Gasteiger partial charge on any atom is 0.252 e. The van der Waals surface area contributed by atoms with E-state index >= 15 is 0 Å². The third-order valence-corrected chi connectivity index (χ3v) is 9.87. The molecule has 4 rings (SSSR count). The molecule has 2 aliphatic heterocycles. The Bertz CT molecular complexity index is 1080. The van der Waals surface area contributed by atoms with Crippen LogP contribution in [0.4, 0.5) is 11.6 Å². The number of nitrogens with one attached hydrogen (secondary N) is 2. The third-order valence-electron chi connectivity index (χ3n) is 5.61. The van der Waals surface area contributed by atoms with Crippen LogP contribution in [-0.2, 0) is 10.0 Å². The Hall–Kier alpha value is -1.80. The van der Waals surface area contributed by atoms with Crippen molar-refractivity contribution in [1.29, 1.82) is 0 Å². The van der Waals surface area contributed by atoms with Crippen LogP contribution in [-0.4, -0.2) is 62.7 Å². The van der Waals surface area contributed by atoms with Gasteiger partial charge in [-0.2, -0.15) is 13.1 Å². The first-order valence-electron chi connectivity index (χ1n) is 10.4. The lowest BCUT2D eigenvalue weighted by atomic mass is 10.1. The minimum Gasteiger partial charge on any atom is -0.508 e. The van der Waals surface area contributed by atoms with E-state index in [4.69, 9.17) is 4.42 Å². The molecule has 10 nitrogen and oxygen atoms in total. The van der Waals surface area contributed by atoms with Crippen LogP contribution in [0, 0.1) is 6.92 Å². The number of aromatic nitrogens is 2. The summed E-state index contributed by atoms with van der Waals surface area (Å²) in [4.78, 5) is 0. The van der Waals surface area contributed by atoms with E-state index in [2.05, 4.69) is 19.4 Å². The van der Waals surface area contributed by atoms with Crippen LogP contribution in [0.1, 0.15) is 43.6 Å². The molecule has 0 bridgehead atoms. The summed E-state index contributed by atoms with van der Waals surface area (Å²) in [6.07, 6.45) is 3.76.